The summed E-state index contributed by atoms with van der Waals surface area (Å²) in [6.45, 7) is 0.534. The van der Waals surface area contributed by atoms with E-state index in [1.165, 1.54) is 0 Å². The van der Waals surface area contributed by atoms with Crippen molar-refractivity contribution in [3.8, 4) is 0 Å². The highest BCUT2D eigenvalue weighted by molar-refractivity contribution is 9.10. The third-order valence-corrected chi connectivity index (χ3v) is 4.41. The molecule has 2 rings (SSSR count). The van der Waals surface area contributed by atoms with Crippen molar-refractivity contribution in [3.05, 3.63) is 34.3 Å². The zero-order valence-electron chi connectivity index (χ0n) is 11.1. The Morgan fingerprint density at radius 1 is 1.40 bits per heavy atom. The van der Waals surface area contributed by atoms with Gasteiger partial charge in [-0.1, -0.05) is 28.1 Å². The molecule has 1 aromatic rings. The van der Waals surface area contributed by atoms with Gasteiger partial charge in [0.05, 0.1) is 6.26 Å². The number of hydrogen-bond acceptors (Lipinski definition) is 3. The Morgan fingerprint density at radius 2 is 2.15 bits per heavy atom. The number of benzene rings is 1. The normalized spacial score (nSPS) is 21.5. The summed E-state index contributed by atoms with van der Waals surface area (Å²) in [7, 11) is -3.19. The number of amides is 1. The van der Waals surface area contributed by atoms with Crippen molar-refractivity contribution in [1.82, 2.24) is 10.0 Å². The van der Waals surface area contributed by atoms with Crippen LogP contribution >= 0.6 is 15.9 Å². The van der Waals surface area contributed by atoms with Crippen molar-refractivity contribution in [2.75, 3.05) is 19.3 Å². The highest BCUT2D eigenvalue weighted by atomic mass is 79.9. The van der Waals surface area contributed by atoms with Crippen LogP contribution in [-0.2, 0) is 14.8 Å². The summed E-state index contributed by atoms with van der Waals surface area (Å²) in [5.74, 6) is 0.267. The van der Waals surface area contributed by atoms with Crippen LogP contribution in [0.2, 0.25) is 0 Å². The number of rotatable bonds is 6. The standard InChI is InChI=1S/C13H17BrN2O3S/c1-20(18,19)16-6-5-15-13(17)12-8-11(12)9-3-2-4-10(14)7-9/h2-4,7,11-12,16H,5-6,8H2,1H3,(H,15,17)/t11-,12+/m0/s1. The smallest absolute Gasteiger partial charge is 0.223 e. The molecule has 1 amide bonds. The molecular formula is C13H17BrN2O3S. The van der Waals surface area contributed by atoms with Crippen molar-refractivity contribution in [1.29, 1.82) is 0 Å². The van der Waals surface area contributed by atoms with Gasteiger partial charge in [-0.25, -0.2) is 13.1 Å². The van der Waals surface area contributed by atoms with Gasteiger partial charge in [-0.05, 0) is 30.0 Å². The molecular weight excluding hydrogens is 344 g/mol. The van der Waals surface area contributed by atoms with Gasteiger partial charge in [0.2, 0.25) is 15.9 Å². The Morgan fingerprint density at radius 3 is 2.80 bits per heavy atom. The first-order chi connectivity index (χ1) is 9.37. The van der Waals surface area contributed by atoms with E-state index >= 15 is 0 Å². The lowest BCUT2D eigenvalue weighted by atomic mass is 10.1. The molecule has 110 valence electrons. The zero-order chi connectivity index (χ0) is 14.8. The van der Waals surface area contributed by atoms with E-state index in [1.54, 1.807) is 0 Å². The zero-order valence-corrected chi connectivity index (χ0v) is 13.5. The number of halogens is 1. The minimum Gasteiger partial charge on any atom is -0.355 e. The number of carbonyl (C=O) groups is 1. The average Bonchev–Trinajstić information content (AvgIpc) is 3.13. The Hall–Kier alpha value is -0.920. The number of hydrogen-bond donors (Lipinski definition) is 2. The summed E-state index contributed by atoms with van der Waals surface area (Å²) >= 11 is 3.42. The lowest BCUT2D eigenvalue weighted by molar-refractivity contribution is -0.122. The second kappa shape index (κ2) is 6.24. The first-order valence-electron chi connectivity index (χ1n) is 6.34. The predicted octanol–water partition coefficient (Wildman–Crippen LogP) is 1.22. The van der Waals surface area contributed by atoms with Gasteiger partial charge >= 0.3 is 0 Å². The molecule has 1 fully saturated rings. The van der Waals surface area contributed by atoms with E-state index in [0.29, 0.717) is 6.54 Å². The first kappa shape index (κ1) is 15.5. The third kappa shape index (κ3) is 4.57. The molecule has 0 saturated heterocycles. The average molecular weight is 361 g/mol. The highest BCUT2D eigenvalue weighted by Crippen LogP contribution is 2.47. The molecule has 2 N–H and O–H groups in total. The van der Waals surface area contributed by atoms with Gasteiger partial charge in [0, 0.05) is 23.5 Å². The molecule has 0 spiro atoms. The Kier molecular flexibility index (Phi) is 4.82. The molecule has 1 aliphatic rings. The minimum absolute atomic E-state index is 0.00235. The van der Waals surface area contributed by atoms with Gasteiger partial charge in [-0.15, -0.1) is 0 Å². The molecule has 0 aliphatic heterocycles. The van der Waals surface area contributed by atoms with E-state index in [2.05, 4.69) is 26.0 Å². The van der Waals surface area contributed by atoms with Crippen molar-refractivity contribution in [2.24, 2.45) is 5.92 Å². The maximum atomic E-state index is 11.9. The predicted molar refractivity (Wildman–Crippen MR) is 80.8 cm³/mol. The van der Waals surface area contributed by atoms with Gasteiger partial charge in [0.1, 0.15) is 0 Å². The Bertz CT molecular complexity index is 603. The lowest BCUT2D eigenvalue weighted by Gasteiger charge is -2.05. The van der Waals surface area contributed by atoms with Crippen LogP contribution in [0, 0.1) is 5.92 Å². The molecule has 0 aromatic heterocycles. The number of sulfonamides is 1. The van der Waals surface area contributed by atoms with Gasteiger partial charge in [-0.2, -0.15) is 0 Å². The molecule has 1 aliphatic carbocycles. The number of carbonyl (C=O) groups excluding carboxylic acids is 1. The largest absolute Gasteiger partial charge is 0.355 e. The molecule has 1 saturated carbocycles. The summed E-state index contributed by atoms with van der Waals surface area (Å²) in [5.41, 5.74) is 1.16. The van der Waals surface area contributed by atoms with E-state index in [-0.39, 0.29) is 24.3 Å². The van der Waals surface area contributed by atoms with Crippen molar-refractivity contribution in [2.45, 2.75) is 12.3 Å². The molecule has 5 nitrogen and oxygen atoms in total. The van der Waals surface area contributed by atoms with E-state index < -0.39 is 10.0 Å². The summed E-state index contributed by atoms with van der Waals surface area (Å²) in [6, 6.07) is 7.97. The van der Waals surface area contributed by atoms with E-state index in [4.69, 9.17) is 0 Å². The maximum Gasteiger partial charge on any atom is 0.223 e. The molecule has 7 heteroatoms. The summed E-state index contributed by atoms with van der Waals surface area (Å²) in [6.07, 6.45) is 1.95. The van der Waals surface area contributed by atoms with Crippen LogP contribution in [0.1, 0.15) is 17.9 Å². The Labute approximate surface area is 127 Å². The fourth-order valence-electron chi connectivity index (χ4n) is 2.14. The van der Waals surface area contributed by atoms with Crippen LogP contribution < -0.4 is 10.0 Å². The van der Waals surface area contributed by atoms with E-state index in [1.807, 2.05) is 24.3 Å². The molecule has 0 unspecified atom stereocenters. The fraction of sp³-hybridized carbons (Fsp3) is 0.462. The van der Waals surface area contributed by atoms with Crippen molar-refractivity contribution >= 4 is 31.9 Å². The number of nitrogens with one attached hydrogen (secondary N) is 2. The van der Waals surface area contributed by atoms with Crippen LogP contribution in [0.5, 0.6) is 0 Å². The van der Waals surface area contributed by atoms with Gasteiger partial charge in [0.25, 0.3) is 0 Å². The second-order valence-electron chi connectivity index (χ2n) is 4.96. The topological polar surface area (TPSA) is 75.3 Å². The van der Waals surface area contributed by atoms with Gasteiger partial charge in [0.15, 0.2) is 0 Å². The Balaban J connectivity index is 1.76. The van der Waals surface area contributed by atoms with Crippen LogP contribution in [0.25, 0.3) is 0 Å². The first-order valence-corrected chi connectivity index (χ1v) is 9.03. The summed E-state index contributed by atoms with van der Waals surface area (Å²) in [5, 5.41) is 2.75. The molecule has 0 heterocycles. The van der Waals surface area contributed by atoms with Crippen molar-refractivity contribution < 1.29 is 13.2 Å². The molecule has 0 bridgehead atoms. The van der Waals surface area contributed by atoms with Gasteiger partial charge in [-0.3, -0.25) is 4.79 Å². The van der Waals surface area contributed by atoms with Crippen molar-refractivity contribution in [3.63, 3.8) is 0 Å². The summed E-state index contributed by atoms with van der Waals surface area (Å²) < 4.78 is 25.1. The summed E-state index contributed by atoms with van der Waals surface area (Å²) in [4.78, 5) is 11.9. The lowest BCUT2D eigenvalue weighted by Crippen LogP contribution is -2.35. The third-order valence-electron chi connectivity index (χ3n) is 3.19. The monoisotopic (exact) mass is 360 g/mol. The van der Waals surface area contributed by atoms with Crippen LogP contribution in [-0.4, -0.2) is 33.7 Å². The molecule has 20 heavy (non-hydrogen) atoms. The molecule has 1 aromatic carbocycles. The quantitative estimate of drug-likeness (QED) is 0.748. The van der Waals surface area contributed by atoms with Crippen LogP contribution in [0.3, 0.4) is 0 Å². The highest BCUT2D eigenvalue weighted by Gasteiger charge is 2.43. The molecule has 2 atom stereocenters. The van der Waals surface area contributed by atoms with E-state index in [9.17, 15) is 13.2 Å². The van der Waals surface area contributed by atoms with Crippen LogP contribution in [0.15, 0.2) is 28.7 Å². The fourth-order valence-corrected chi connectivity index (χ4v) is 3.03. The molecule has 0 radical (unpaired) electrons. The minimum atomic E-state index is -3.19. The maximum absolute atomic E-state index is 11.9. The van der Waals surface area contributed by atoms with Crippen LogP contribution in [0.4, 0.5) is 0 Å². The van der Waals surface area contributed by atoms with Gasteiger partial charge < -0.3 is 5.32 Å². The van der Waals surface area contributed by atoms with E-state index in [0.717, 1.165) is 22.7 Å². The second-order valence-corrected chi connectivity index (χ2v) is 7.71. The SMILES string of the molecule is CS(=O)(=O)NCCNC(=O)[C@@H]1C[C@H]1c1cccc(Br)c1.